The van der Waals surface area contributed by atoms with Crippen LogP contribution in [0.15, 0.2) is 48.0 Å². The van der Waals surface area contributed by atoms with Crippen LogP contribution in [0.25, 0.3) is 5.57 Å². The number of carbonyl (C=O) groups is 2. The lowest BCUT2D eigenvalue weighted by atomic mass is 10.0. The van der Waals surface area contributed by atoms with Crippen LogP contribution in [0.1, 0.15) is 36.5 Å². The van der Waals surface area contributed by atoms with Crippen LogP contribution < -0.4 is 10.2 Å². The fourth-order valence-corrected chi connectivity index (χ4v) is 3.29. The first-order chi connectivity index (χ1) is 13.5. The van der Waals surface area contributed by atoms with Gasteiger partial charge in [0.05, 0.1) is 11.3 Å². The van der Waals surface area contributed by atoms with E-state index >= 15 is 0 Å². The Labute approximate surface area is 165 Å². The van der Waals surface area contributed by atoms with Gasteiger partial charge in [-0.05, 0) is 49.6 Å². The van der Waals surface area contributed by atoms with Crippen LogP contribution in [0.2, 0.25) is 0 Å². The molecule has 0 saturated carbocycles. The average Bonchev–Trinajstić information content (AvgIpc) is 2.96. The first-order valence-electron chi connectivity index (χ1n) is 9.42. The first-order valence-corrected chi connectivity index (χ1v) is 9.42. The van der Waals surface area contributed by atoms with Crippen molar-refractivity contribution in [2.75, 3.05) is 16.8 Å². The largest absolute Gasteiger partial charge is 0.321 e. The SMILES string of the molecule is CCCCN1C(=O)C(=C(C#N)C(=O)Nc2ccc(C)c(C)c2)c2ccccc21. The molecule has 2 aromatic rings. The summed E-state index contributed by atoms with van der Waals surface area (Å²) in [7, 11) is 0. The van der Waals surface area contributed by atoms with Gasteiger partial charge in [-0.1, -0.05) is 37.6 Å². The lowest BCUT2D eigenvalue weighted by molar-refractivity contribution is -0.114. The predicted molar refractivity (Wildman–Crippen MR) is 111 cm³/mol. The quantitative estimate of drug-likeness (QED) is 0.625. The highest BCUT2D eigenvalue weighted by Crippen LogP contribution is 2.38. The van der Waals surface area contributed by atoms with Crippen molar-refractivity contribution in [3.63, 3.8) is 0 Å². The van der Waals surface area contributed by atoms with Gasteiger partial charge in [0, 0.05) is 17.8 Å². The maximum absolute atomic E-state index is 13.1. The number of nitrogens with one attached hydrogen (secondary N) is 1. The Morgan fingerprint density at radius 1 is 1.14 bits per heavy atom. The van der Waals surface area contributed by atoms with Crippen molar-refractivity contribution in [1.29, 1.82) is 5.26 Å². The van der Waals surface area contributed by atoms with E-state index in [-0.39, 0.29) is 17.1 Å². The summed E-state index contributed by atoms with van der Waals surface area (Å²) >= 11 is 0. The molecule has 1 aliphatic heterocycles. The molecule has 0 spiro atoms. The van der Waals surface area contributed by atoms with E-state index in [2.05, 4.69) is 12.2 Å². The molecule has 0 aliphatic carbocycles. The van der Waals surface area contributed by atoms with E-state index in [9.17, 15) is 14.9 Å². The summed E-state index contributed by atoms with van der Waals surface area (Å²) in [6.45, 7) is 6.56. The maximum atomic E-state index is 13.1. The third-order valence-corrected chi connectivity index (χ3v) is 5.01. The number of fused-ring (bicyclic) bond motifs is 1. The molecular weight excluding hydrogens is 350 g/mol. The second kappa shape index (κ2) is 8.10. The number of benzene rings is 2. The molecule has 1 heterocycles. The van der Waals surface area contributed by atoms with Crippen molar-refractivity contribution in [1.82, 2.24) is 0 Å². The third-order valence-electron chi connectivity index (χ3n) is 5.01. The molecule has 1 N–H and O–H groups in total. The zero-order valence-electron chi connectivity index (χ0n) is 16.4. The molecule has 2 amide bonds. The van der Waals surface area contributed by atoms with Gasteiger partial charge < -0.3 is 10.2 Å². The van der Waals surface area contributed by atoms with E-state index in [1.165, 1.54) is 0 Å². The van der Waals surface area contributed by atoms with Gasteiger partial charge >= 0.3 is 0 Å². The van der Waals surface area contributed by atoms with Gasteiger partial charge in [0.2, 0.25) is 0 Å². The molecule has 0 radical (unpaired) electrons. The van der Waals surface area contributed by atoms with E-state index in [4.69, 9.17) is 0 Å². The third kappa shape index (κ3) is 3.54. The zero-order chi connectivity index (χ0) is 20.3. The molecule has 3 rings (SSSR count). The van der Waals surface area contributed by atoms with E-state index in [0.29, 0.717) is 17.8 Å². The number of hydrogen-bond acceptors (Lipinski definition) is 3. The lowest BCUT2D eigenvalue weighted by Crippen LogP contribution is -2.28. The minimum atomic E-state index is -0.568. The molecule has 28 heavy (non-hydrogen) atoms. The van der Waals surface area contributed by atoms with Crippen molar-refractivity contribution in [3.05, 3.63) is 64.7 Å². The normalized spacial score (nSPS) is 14.5. The van der Waals surface area contributed by atoms with Crippen LogP contribution >= 0.6 is 0 Å². The monoisotopic (exact) mass is 373 g/mol. The Balaban J connectivity index is 2.01. The van der Waals surface area contributed by atoms with E-state index < -0.39 is 5.91 Å². The standard InChI is InChI=1S/C23H23N3O2/c1-4-5-12-26-20-9-7-6-8-18(20)21(23(26)28)19(14-24)22(27)25-17-11-10-15(2)16(3)13-17/h6-11,13H,4-5,12H2,1-3H3,(H,25,27). The fourth-order valence-electron chi connectivity index (χ4n) is 3.29. The van der Waals surface area contributed by atoms with E-state index in [1.54, 1.807) is 17.0 Å². The van der Waals surface area contributed by atoms with Gasteiger partial charge in [-0.2, -0.15) is 5.26 Å². The number of nitrogens with zero attached hydrogens (tertiary/aromatic N) is 2. The van der Waals surface area contributed by atoms with Gasteiger partial charge in [-0.3, -0.25) is 9.59 Å². The van der Waals surface area contributed by atoms with E-state index in [1.807, 2.05) is 50.2 Å². The molecule has 2 aromatic carbocycles. The topological polar surface area (TPSA) is 73.2 Å². The summed E-state index contributed by atoms with van der Waals surface area (Å²) in [6.07, 6.45) is 1.80. The summed E-state index contributed by atoms with van der Waals surface area (Å²) in [5, 5.41) is 12.5. The molecule has 0 unspecified atom stereocenters. The van der Waals surface area contributed by atoms with Crippen molar-refractivity contribution in [2.45, 2.75) is 33.6 Å². The number of aryl methyl sites for hydroxylation is 2. The van der Waals surface area contributed by atoms with Gasteiger partial charge in [0.15, 0.2) is 0 Å². The second-order valence-corrected chi connectivity index (χ2v) is 6.94. The number of unbranched alkanes of at least 4 members (excludes halogenated alkanes) is 1. The van der Waals surface area contributed by atoms with Crippen molar-refractivity contribution >= 4 is 28.8 Å². The number of nitriles is 1. The van der Waals surface area contributed by atoms with Gasteiger partial charge in [-0.15, -0.1) is 0 Å². The zero-order valence-corrected chi connectivity index (χ0v) is 16.4. The Kier molecular flexibility index (Phi) is 5.60. The first kappa shape index (κ1) is 19.4. The maximum Gasteiger partial charge on any atom is 0.267 e. The number of para-hydroxylation sites is 1. The average molecular weight is 373 g/mol. The number of rotatable bonds is 5. The predicted octanol–water partition coefficient (Wildman–Crippen LogP) is 4.37. The van der Waals surface area contributed by atoms with Gasteiger partial charge in [0.25, 0.3) is 11.8 Å². The molecule has 0 saturated heterocycles. The molecule has 5 nitrogen and oxygen atoms in total. The lowest BCUT2D eigenvalue weighted by Gasteiger charge is -2.16. The molecule has 1 aliphatic rings. The van der Waals surface area contributed by atoms with Crippen molar-refractivity contribution in [2.24, 2.45) is 0 Å². The molecule has 0 fully saturated rings. The minimum absolute atomic E-state index is 0.158. The Bertz CT molecular complexity index is 1010. The molecule has 142 valence electrons. The van der Waals surface area contributed by atoms with Gasteiger partial charge in [-0.25, -0.2) is 0 Å². The smallest absolute Gasteiger partial charge is 0.267 e. The second-order valence-electron chi connectivity index (χ2n) is 6.94. The number of amides is 2. The van der Waals surface area contributed by atoms with Crippen LogP contribution in [0.5, 0.6) is 0 Å². The molecule has 0 aromatic heterocycles. The highest BCUT2D eigenvalue weighted by molar-refractivity contribution is 6.37. The molecular formula is C23H23N3O2. The van der Waals surface area contributed by atoms with Crippen LogP contribution in [-0.2, 0) is 9.59 Å². The van der Waals surface area contributed by atoms with Crippen molar-refractivity contribution in [3.8, 4) is 6.07 Å². The molecule has 0 atom stereocenters. The number of carbonyl (C=O) groups excluding carboxylic acids is 2. The van der Waals surface area contributed by atoms with E-state index in [0.717, 1.165) is 29.7 Å². The Morgan fingerprint density at radius 2 is 1.89 bits per heavy atom. The van der Waals surface area contributed by atoms with Crippen LogP contribution in [0.3, 0.4) is 0 Å². The van der Waals surface area contributed by atoms with Crippen LogP contribution in [0.4, 0.5) is 11.4 Å². The highest BCUT2D eigenvalue weighted by Gasteiger charge is 2.35. The Morgan fingerprint density at radius 3 is 2.57 bits per heavy atom. The van der Waals surface area contributed by atoms with Crippen molar-refractivity contribution < 1.29 is 9.59 Å². The van der Waals surface area contributed by atoms with Gasteiger partial charge in [0.1, 0.15) is 11.6 Å². The minimum Gasteiger partial charge on any atom is -0.321 e. The summed E-state index contributed by atoms with van der Waals surface area (Å²) in [4.78, 5) is 27.6. The number of hydrogen-bond donors (Lipinski definition) is 1. The summed E-state index contributed by atoms with van der Waals surface area (Å²) in [6, 6.07) is 14.8. The summed E-state index contributed by atoms with van der Waals surface area (Å²) in [5.74, 6) is -0.859. The van der Waals surface area contributed by atoms with Crippen LogP contribution in [-0.4, -0.2) is 18.4 Å². The summed E-state index contributed by atoms with van der Waals surface area (Å²) in [5.41, 5.74) is 4.16. The fraction of sp³-hybridized carbons (Fsp3) is 0.261. The summed E-state index contributed by atoms with van der Waals surface area (Å²) < 4.78 is 0. The Hall–Kier alpha value is -3.39. The highest BCUT2D eigenvalue weighted by atomic mass is 16.2. The molecule has 5 heteroatoms. The molecule has 0 bridgehead atoms. The number of anilines is 2. The van der Waals surface area contributed by atoms with Crippen LogP contribution in [0, 0.1) is 25.2 Å².